The Hall–Kier alpha value is -1.68. The van der Waals surface area contributed by atoms with Gasteiger partial charge in [-0.1, -0.05) is 0 Å². The lowest BCUT2D eigenvalue weighted by Gasteiger charge is -1.92. The van der Waals surface area contributed by atoms with Gasteiger partial charge in [-0.25, -0.2) is 4.98 Å². The average molecular weight is 175 g/mol. The lowest BCUT2D eigenvalue weighted by molar-refractivity contribution is 0.520. The van der Waals surface area contributed by atoms with Crippen LogP contribution in [0, 0.1) is 0 Å². The number of nitrogens with two attached hydrogens (primary N) is 1. The first-order valence-electron chi connectivity index (χ1n) is 3.95. The van der Waals surface area contributed by atoms with E-state index in [1.807, 2.05) is 12.1 Å². The van der Waals surface area contributed by atoms with Crippen molar-refractivity contribution in [1.29, 1.82) is 0 Å². The Labute approximate surface area is 75.4 Å². The molecule has 0 saturated heterocycles. The van der Waals surface area contributed by atoms with Gasteiger partial charge >= 0.3 is 0 Å². The Bertz CT molecular complexity index is 383. The molecule has 2 aromatic rings. The fourth-order valence-corrected chi connectivity index (χ4v) is 1.03. The number of pyridine rings is 1. The minimum Gasteiger partial charge on any atom is -0.440 e. The Balaban J connectivity index is 2.36. The van der Waals surface area contributed by atoms with Crippen molar-refractivity contribution in [1.82, 2.24) is 9.97 Å². The molecule has 2 heterocycles. The highest BCUT2D eigenvalue weighted by Gasteiger charge is 2.03. The van der Waals surface area contributed by atoms with Crippen LogP contribution in [-0.2, 0) is 6.54 Å². The van der Waals surface area contributed by atoms with Gasteiger partial charge in [-0.05, 0) is 12.1 Å². The molecule has 2 rings (SSSR count). The fraction of sp³-hybridized carbons (Fsp3) is 0.111. The van der Waals surface area contributed by atoms with Crippen molar-refractivity contribution in [2.24, 2.45) is 5.73 Å². The fourth-order valence-electron chi connectivity index (χ4n) is 1.03. The van der Waals surface area contributed by atoms with Gasteiger partial charge in [0.2, 0.25) is 5.89 Å². The monoisotopic (exact) mass is 175 g/mol. The summed E-state index contributed by atoms with van der Waals surface area (Å²) in [5.41, 5.74) is 6.31. The van der Waals surface area contributed by atoms with Crippen LogP contribution in [0.2, 0.25) is 0 Å². The maximum absolute atomic E-state index is 5.40. The first-order valence-corrected chi connectivity index (χ1v) is 3.95. The number of hydrogen-bond donors (Lipinski definition) is 1. The van der Waals surface area contributed by atoms with Gasteiger partial charge in [0, 0.05) is 18.0 Å². The number of aromatic nitrogens is 2. The summed E-state index contributed by atoms with van der Waals surface area (Å²) in [6.45, 7) is 0.373. The maximum Gasteiger partial charge on any atom is 0.226 e. The molecule has 2 aromatic heterocycles. The van der Waals surface area contributed by atoms with Crippen LogP contribution in [0.1, 0.15) is 5.76 Å². The molecular weight excluding hydrogens is 166 g/mol. The summed E-state index contributed by atoms with van der Waals surface area (Å²) in [5, 5.41) is 0. The highest BCUT2D eigenvalue weighted by atomic mass is 16.4. The molecule has 0 unspecified atom stereocenters. The van der Waals surface area contributed by atoms with E-state index < -0.39 is 0 Å². The molecule has 0 fully saturated rings. The first kappa shape index (κ1) is 7.94. The van der Waals surface area contributed by atoms with Crippen LogP contribution < -0.4 is 5.73 Å². The maximum atomic E-state index is 5.40. The summed E-state index contributed by atoms with van der Waals surface area (Å²) in [6.07, 6.45) is 5.03. The van der Waals surface area contributed by atoms with Gasteiger partial charge in [0.05, 0.1) is 12.7 Å². The van der Waals surface area contributed by atoms with Crippen LogP contribution in [0.5, 0.6) is 0 Å². The lowest BCUT2D eigenvalue weighted by Crippen LogP contribution is -1.92. The molecule has 0 aromatic carbocycles. The normalized spacial score (nSPS) is 10.2. The van der Waals surface area contributed by atoms with E-state index in [9.17, 15) is 0 Å². The quantitative estimate of drug-likeness (QED) is 0.744. The predicted octanol–water partition coefficient (Wildman–Crippen LogP) is 1.20. The Morgan fingerprint density at radius 1 is 1.31 bits per heavy atom. The minimum atomic E-state index is 0.373. The van der Waals surface area contributed by atoms with Crippen LogP contribution in [-0.4, -0.2) is 9.97 Å². The third-order valence-electron chi connectivity index (χ3n) is 1.68. The van der Waals surface area contributed by atoms with Gasteiger partial charge < -0.3 is 10.2 Å². The number of hydrogen-bond acceptors (Lipinski definition) is 4. The summed E-state index contributed by atoms with van der Waals surface area (Å²) in [6, 6.07) is 3.68. The van der Waals surface area contributed by atoms with E-state index in [0.29, 0.717) is 18.2 Å². The van der Waals surface area contributed by atoms with E-state index in [-0.39, 0.29) is 0 Å². The van der Waals surface area contributed by atoms with E-state index in [2.05, 4.69) is 9.97 Å². The number of rotatable bonds is 2. The summed E-state index contributed by atoms with van der Waals surface area (Å²) in [5.74, 6) is 1.27. The van der Waals surface area contributed by atoms with Crippen LogP contribution >= 0.6 is 0 Å². The number of nitrogens with zero attached hydrogens (tertiary/aromatic N) is 2. The molecule has 0 bridgehead atoms. The SMILES string of the molecule is NCc1cnc(-c2ccncc2)o1. The summed E-state index contributed by atoms with van der Waals surface area (Å²) in [7, 11) is 0. The standard InChI is InChI=1S/C9H9N3O/c10-5-8-6-12-9(13-8)7-1-3-11-4-2-7/h1-4,6H,5,10H2. The van der Waals surface area contributed by atoms with Crippen LogP contribution in [0.25, 0.3) is 11.5 Å². The van der Waals surface area contributed by atoms with Gasteiger partial charge in [0.25, 0.3) is 0 Å². The molecule has 13 heavy (non-hydrogen) atoms. The van der Waals surface area contributed by atoms with Crippen molar-refractivity contribution in [3.8, 4) is 11.5 Å². The van der Waals surface area contributed by atoms with E-state index >= 15 is 0 Å². The van der Waals surface area contributed by atoms with Crippen LogP contribution in [0.4, 0.5) is 0 Å². The molecule has 66 valence electrons. The van der Waals surface area contributed by atoms with Gasteiger partial charge in [-0.15, -0.1) is 0 Å². The molecule has 4 heteroatoms. The summed E-state index contributed by atoms with van der Waals surface area (Å²) >= 11 is 0. The molecule has 0 saturated carbocycles. The second kappa shape index (κ2) is 3.37. The number of oxazole rings is 1. The summed E-state index contributed by atoms with van der Waals surface area (Å²) in [4.78, 5) is 7.99. The van der Waals surface area contributed by atoms with Crippen molar-refractivity contribution >= 4 is 0 Å². The van der Waals surface area contributed by atoms with Gasteiger partial charge in [0.1, 0.15) is 5.76 Å². The molecule has 0 aliphatic rings. The molecule has 0 spiro atoms. The van der Waals surface area contributed by atoms with E-state index in [4.69, 9.17) is 10.2 Å². The Morgan fingerprint density at radius 2 is 2.08 bits per heavy atom. The zero-order chi connectivity index (χ0) is 9.10. The third-order valence-corrected chi connectivity index (χ3v) is 1.68. The highest BCUT2D eigenvalue weighted by Crippen LogP contribution is 2.17. The molecule has 0 radical (unpaired) electrons. The van der Waals surface area contributed by atoms with E-state index in [0.717, 1.165) is 5.56 Å². The molecule has 0 atom stereocenters. The molecule has 0 aliphatic carbocycles. The van der Waals surface area contributed by atoms with Gasteiger partial charge in [0.15, 0.2) is 0 Å². The molecule has 0 amide bonds. The van der Waals surface area contributed by atoms with Gasteiger partial charge in [-0.2, -0.15) is 0 Å². The largest absolute Gasteiger partial charge is 0.440 e. The zero-order valence-electron chi connectivity index (χ0n) is 6.97. The van der Waals surface area contributed by atoms with Crippen LogP contribution in [0.3, 0.4) is 0 Å². The third kappa shape index (κ3) is 1.57. The van der Waals surface area contributed by atoms with Crippen molar-refractivity contribution < 1.29 is 4.42 Å². The zero-order valence-corrected chi connectivity index (χ0v) is 6.97. The molecular formula is C9H9N3O. The summed E-state index contributed by atoms with van der Waals surface area (Å²) < 4.78 is 5.35. The Kier molecular flexibility index (Phi) is 2.06. The predicted molar refractivity (Wildman–Crippen MR) is 47.6 cm³/mol. The lowest BCUT2D eigenvalue weighted by atomic mass is 10.3. The topological polar surface area (TPSA) is 64.9 Å². The second-order valence-electron chi connectivity index (χ2n) is 2.57. The van der Waals surface area contributed by atoms with Crippen molar-refractivity contribution in [2.75, 3.05) is 0 Å². The van der Waals surface area contributed by atoms with Crippen LogP contribution in [0.15, 0.2) is 35.1 Å². The first-order chi connectivity index (χ1) is 6.40. The molecule has 4 nitrogen and oxygen atoms in total. The van der Waals surface area contributed by atoms with Crippen molar-refractivity contribution in [3.05, 3.63) is 36.5 Å². The van der Waals surface area contributed by atoms with Gasteiger partial charge in [-0.3, -0.25) is 4.98 Å². The average Bonchev–Trinajstić information content (AvgIpc) is 2.67. The molecule has 2 N–H and O–H groups in total. The van der Waals surface area contributed by atoms with E-state index in [1.165, 1.54) is 0 Å². The molecule has 0 aliphatic heterocycles. The van der Waals surface area contributed by atoms with Crippen molar-refractivity contribution in [2.45, 2.75) is 6.54 Å². The Morgan fingerprint density at radius 3 is 2.69 bits per heavy atom. The minimum absolute atomic E-state index is 0.373. The highest BCUT2D eigenvalue weighted by molar-refractivity contribution is 5.51. The second-order valence-corrected chi connectivity index (χ2v) is 2.57. The van der Waals surface area contributed by atoms with E-state index in [1.54, 1.807) is 18.6 Å². The van der Waals surface area contributed by atoms with Crippen molar-refractivity contribution in [3.63, 3.8) is 0 Å². The smallest absolute Gasteiger partial charge is 0.226 e.